The summed E-state index contributed by atoms with van der Waals surface area (Å²) in [4.78, 5) is 1.34. The maximum Gasteiger partial charge on any atom is 0.241 e. The lowest BCUT2D eigenvalue weighted by Gasteiger charge is -2.15. The normalized spacial score (nSPS) is 13.0. The monoisotopic (exact) mass is 335 g/mol. The molecule has 2 aromatic carbocycles. The third-order valence-corrected chi connectivity index (χ3v) is 5.89. The van der Waals surface area contributed by atoms with Crippen molar-refractivity contribution in [3.8, 4) is 0 Å². The zero-order valence-corrected chi connectivity index (χ0v) is 14.7. The lowest BCUT2D eigenvalue weighted by molar-refractivity contribution is 0.567. The van der Waals surface area contributed by atoms with Crippen molar-refractivity contribution in [3.63, 3.8) is 0 Å². The SMILES string of the molecule is CCc1ccc(C(C)NS(=O)(=O)c2ccc(SC)cc2)cc1. The first-order chi connectivity index (χ1) is 10.5. The first-order valence-corrected chi connectivity index (χ1v) is 9.92. The fourth-order valence-electron chi connectivity index (χ4n) is 2.17. The van der Waals surface area contributed by atoms with Crippen LogP contribution in [0.2, 0.25) is 0 Å². The molecule has 0 saturated carbocycles. The van der Waals surface area contributed by atoms with Crippen molar-refractivity contribution in [1.29, 1.82) is 0 Å². The Kier molecular flexibility index (Phi) is 5.67. The predicted molar refractivity (Wildman–Crippen MR) is 92.8 cm³/mol. The van der Waals surface area contributed by atoms with Gasteiger partial charge in [-0.15, -0.1) is 11.8 Å². The standard InChI is InChI=1S/C17H21NO2S2/c1-4-14-5-7-15(8-6-14)13(2)18-22(19,20)17-11-9-16(21-3)10-12-17/h5-13,18H,4H2,1-3H3. The molecule has 0 saturated heterocycles. The second-order valence-electron chi connectivity index (χ2n) is 5.11. The van der Waals surface area contributed by atoms with Gasteiger partial charge in [-0.3, -0.25) is 0 Å². The molecule has 1 N–H and O–H groups in total. The molecule has 0 aliphatic carbocycles. The Balaban J connectivity index is 2.15. The summed E-state index contributed by atoms with van der Waals surface area (Å²) in [6.45, 7) is 3.95. The smallest absolute Gasteiger partial charge is 0.207 e. The molecule has 0 heterocycles. The molecule has 0 aromatic heterocycles. The number of thioether (sulfide) groups is 1. The molecule has 3 nitrogen and oxygen atoms in total. The third kappa shape index (κ3) is 4.12. The van der Waals surface area contributed by atoms with Crippen LogP contribution in [0.1, 0.15) is 31.0 Å². The highest BCUT2D eigenvalue weighted by Gasteiger charge is 2.18. The molecule has 5 heteroatoms. The van der Waals surface area contributed by atoms with Gasteiger partial charge in [-0.05, 0) is 55.0 Å². The number of aryl methyl sites for hydroxylation is 1. The van der Waals surface area contributed by atoms with Gasteiger partial charge in [0.1, 0.15) is 0 Å². The minimum atomic E-state index is -3.51. The van der Waals surface area contributed by atoms with Crippen LogP contribution < -0.4 is 4.72 Å². The Hall–Kier alpha value is -1.30. The van der Waals surface area contributed by atoms with Crippen LogP contribution >= 0.6 is 11.8 Å². The molecule has 2 aromatic rings. The fourth-order valence-corrected chi connectivity index (χ4v) is 3.81. The Labute approximate surface area is 137 Å². The van der Waals surface area contributed by atoms with Crippen LogP contribution in [0.4, 0.5) is 0 Å². The molecule has 0 bridgehead atoms. The number of rotatable bonds is 6. The van der Waals surface area contributed by atoms with E-state index in [9.17, 15) is 8.42 Å². The van der Waals surface area contributed by atoms with E-state index in [-0.39, 0.29) is 6.04 Å². The lowest BCUT2D eigenvalue weighted by atomic mass is 10.1. The predicted octanol–water partition coefficient (Wildman–Crippen LogP) is 4.01. The van der Waals surface area contributed by atoms with E-state index >= 15 is 0 Å². The molecule has 0 aliphatic heterocycles. The van der Waals surface area contributed by atoms with E-state index in [4.69, 9.17) is 0 Å². The van der Waals surface area contributed by atoms with E-state index in [0.29, 0.717) is 4.90 Å². The quantitative estimate of drug-likeness (QED) is 0.811. The van der Waals surface area contributed by atoms with Gasteiger partial charge in [-0.2, -0.15) is 0 Å². The van der Waals surface area contributed by atoms with Gasteiger partial charge in [0.05, 0.1) is 4.90 Å². The van der Waals surface area contributed by atoms with Crippen LogP contribution in [0.5, 0.6) is 0 Å². The van der Waals surface area contributed by atoms with Crippen molar-refractivity contribution in [2.45, 2.75) is 36.1 Å². The summed E-state index contributed by atoms with van der Waals surface area (Å²) in [5.41, 5.74) is 2.20. The zero-order valence-electron chi connectivity index (χ0n) is 13.0. The number of nitrogens with one attached hydrogen (secondary N) is 1. The van der Waals surface area contributed by atoms with Crippen molar-refractivity contribution in [3.05, 3.63) is 59.7 Å². The van der Waals surface area contributed by atoms with Gasteiger partial charge in [0, 0.05) is 10.9 Å². The first-order valence-electron chi connectivity index (χ1n) is 7.21. The molecular formula is C17H21NO2S2. The summed E-state index contributed by atoms with van der Waals surface area (Å²) < 4.78 is 27.6. The molecule has 1 atom stereocenters. The Morgan fingerprint density at radius 1 is 1.05 bits per heavy atom. The molecule has 0 aliphatic rings. The Morgan fingerprint density at radius 3 is 2.14 bits per heavy atom. The second kappa shape index (κ2) is 7.31. The van der Waals surface area contributed by atoms with Crippen LogP contribution in [-0.4, -0.2) is 14.7 Å². The van der Waals surface area contributed by atoms with Crippen molar-refractivity contribution < 1.29 is 8.42 Å². The zero-order chi connectivity index (χ0) is 16.2. The number of sulfonamides is 1. The Bertz CT molecular complexity index is 707. The Morgan fingerprint density at radius 2 is 1.64 bits per heavy atom. The molecule has 118 valence electrons. The number of hydrogen-bond acceptors (Lipinski definition) is 3. The fraction of sp³-hybridized carbons (Fsp3) is 0.294. The molecule has 0 fully saturated rings. The second-order valence-corrected chi connectivity index (χ2v) is 7.71. The molecule has 2 rings (SSSR count). The topological polar surface area (TPSA) is 46.2 Å². The van der Waals surface area contributed by atoms with Crippen LogP contribution in [0.15, 0.2) is 58.3 Å². The summed E-state index contributed by atoms with van der Waals surface area (Å²) in [7, 11) is -3.51. The molecular weight excluding hydrogens is 314 g/mol. The van der Waals surface area contributed by atoms with E-state index in [1.807, 2.05) is 49.6 Å². The molecule has 0 amide bonds. The highest BCUT2D eigenvalue weighted by molar-refractivity contribution is 7.98. The van der Waals surface area contributed by atoms with Gasteiger partial charge in [0.15, 0.2) is 0 Å². The van der Waals surface area contributed by atoms with Crippen molar-refractivity contribution in [2.24, 2.45) is 0 Å². The highest BCUT2D eigenvalue weighted by Crippen LogP contribution is 2.20. The first kappa shape index (κ1) is 17.1. The molecule has 22 heavy (non-hydrogen) atoms. The van der Waals surface area contributed by atoms with E-state index in [1.165, 1.54) is 5.56 Å². The maximum atomic E-state index is 12.4. The van der Waals surface area contributed by atoms with Gasteiger partial charge in [0.25, 0.3) is 0 Å². The van der Waals surface area contributed by atoms with Crippen LogP contribution in [0, 0.1) is 0 Å². The van der Waals surface area contributed by atoms with Crippen molar-refractivity contribution in [2.75, 3.05) is 6.26 Å². The minimum absolute atomic E-state index is 0.267. The van der Waals surface area contributed by atoms with Gasteiger partial charge in [0.2, 0.25) is 10.0 Å². The van der Waals surface area contributed by atoms with Crippen LogP contribution in [0.25, 0.3) is 0 Å². The van der Waals surface area contributed by atoms with Gasteiger partial charge >= 0.3 is 0 Å². The molecule has 0 radical (unpaired) electrons. The largest absolute Gasteiger partial charge is 0.241 e. The van der Waals surface area contributed by atoms with Gasteiger partial charge in [-0.1, -0.05) is 31.2 Å². The van der Waals surface area contributed by atoms with E-state index in [1.54, 1.807) is 23.9 Å². The van der Waals surface area contributed by atoms with Gasteiger partial charge in [-0.25, -0.2) is 13.1 Å². The summed E-state index contributed by atoms with van der Waals surface area (Å²) in [6.07, 6.45) is 2.94. The van der Waals surface area contributed by atoms with Crippen molar-refractivity contribution >= 4 is 21.8 Å². The summed E-state index contributed by atoms with van der Waals surface area (Å²) in [5, 5.41) is 0. The summed E-state index contributed by atoms with van der Waals surface area (Å²) in [5.74, 6) is 0. The van der Waals surface area contributed by atoms with Crippen LogP contribution in [-0.2, 0) is 16.4 Å². The summed E-state index contributed by atoms with van der Waals surface area (Å²) in [6, 6.07) is 14.7. The van der Waals surface area contributed by atoms with E-state index in [2.05, 4.69) is 11.6 Å². The van der Waals surface area contributed by atoms with Gasteiger partial charge < -0.3 is 0 Å². The highest BCUT2D eigenvalue weighted by atomic mass is 32.2. The number of benzene rings is 2. The lowest BCUT2D eigenvalue weighted by Crippen LogP contribution is -2.26. The maximum absolute atomic E-state index is 12.4. The van der Waals surface area contributed by atoms with E-state index < -0.39 is 10.0 Å². The van der Waals surface area contributed by atoms with E-state index in [0.717, 1.165) is 16.9 Å². The minimum Gasteiger partial charge on any atom is -0.207 e. The summed E-state index contributed by atoms with van der Waals surface area (Å²) >= 11 is 1.59. The average molecular weight is 335 g/mol. The van der Waals surface area contributed by atoms with Crippen molar-refractivity contribution in [1.82, 2.24) is 4.72 Å². The van der Waals surface area contributed by atoms with Crippen LogP contribution in [0.3, 0.4) is 0 Å². The molecule has 0 spiro atoms. The average Bonchev–Trinajstić information content (AvgIpc) is 2.54. The molecule has 1 unspecified atom stereocenters. The third-order valence-electron chi connectivity index (χ3n) is 3.59. The number of hydrogen-bond donors (Lipinski definition) is 1.